The second-order valence-corrected chi connectivity index (χ2v) is 9.61. The van der Waals surface area contributed by atoms with Gasteiger partial charge >= 0.3 is 5.97 Å². The number of aryl methyl sites for hydroxylation is 1. The SMILES string of the molecule is Cc1cc([C@@H](C)Nc2ccccc2C(=O)O)c2nc(N3CCN(c4nccs4)CC3)c(C#N)nc2c1. The van der Waals surface area contributed by atoms with Crippen molar-refractivity contribution in [3.8, 4) is 6.07 Å². The summed E-state index contributed by atoms with van der Waals surface area (Å²) in [4.78, 5) is 30.1. The van der Waals surface area contributed by atoms with Gasteiger partial charge in [0.25, 0.3) is 0 Å². The predicted molar refractivity (Wildman–Crippen MR) is 141 cm³/mol. The standard InChI is InChI=1S/C26H25N7O2S/c1-16-13-19(17(2)29-20-6-4-3-5-18(20)25(34)35)23-21(14-16)30-22(15-27)24(31-23)32-8-10-33(11-9-32)26-28-7-12-36-26/h3-7,12-14,17,29H,8-11H2,1-2H3,(H,34,35)/t17-/m1/s1. The van der Waals surface area contributed by atoms with Crippen LogP contribution in [0.25, 0.3) is 11.0 Å². The molecule has 182 valence electrons. The third-order valence-electron chi connectivity index (χ3n) is 6.30. The van der Waals surface area contributed by atoms with E-state index < -0.39 is 5.97 Å². The molecule has 1 atom stereocenters. The van der Waals surface area contributed by atoms with E-state index in [4.69, 9.17) is 4.98 Å². The average molecular weight is 500 g/mol. The molecule has 1 saturated heterocycles. The maximum absolute atomic E-state index is 11.7. The second kappa shape index (κ2) is 9.79. The highest BCUT2D eigenvalue weighted by molar-refractivity contribution is 7.13. The van der Waals surface area contributed by atoms with Crippen LogP contribution in [0.4, 0.5) is 16.6 Å². The fraction of sp³-hybridized carbons (Fsp3) is 0.269. The Balaban J connectivity index is 1.50. The molecule has 4 aromatic rings. The first-order chi connectivity index (χ1) is 17.4. The summed E-state index contributed by atoms with van der Waals surface area (Å²) in [7, 11) is 0. The normalized spacial score (nSPS) is 14.5. The Morgan fingerprint density at radius 2 is 1.92 bits per heavy atom. The van der Waals surface area contributed by atoms with Crippen LogP contribution in [0.2, 0.25) is 0 Å². The number of nitrogens with one attached hydrogen (secondary N) is 1. The van der Waals surface area contributed by atoms with E-state index in [2.05, 4.69) is 31.2 Å². The lowest BCUT2D eigenvalue weighted by Crippen LogP contribution is -2.47. The molecular formula is C26H25N7O2S. The number of hydrogen-bond donors (Lipinski definition) is 2. The van der Waals surface area contributed by atoms with Gasteiger partial charge in [-0.1, -0.05) is 18.2 Å². The lowest BCUT2D eigenvalue weighted by atomic mass is 10.0. The molecule has 0 amide bonds. The minimum absolute atomic E-state index is 0.206. The number of carboxylic acids is 1. The fourth-order valence-corrected chi connectivity index (χ4v) is 5.23. The van der Waals surface area contributed by atoms with Crippen LogP contribution in [0.3, 0.4) is 0 Å². The highest BCUT2D eigenvalue weighted by Crippen LogP contribution is 2.31. The summed E-state index contributed by atoms with van der Waals surface area (Å²) >= 11 is 1.62. The molecule has 1 aliphatic heterocycles. The quantitative estimate of drug-likeness (QED) is 0.396. The molecule has 2 aromatic carbocycles. The zero-order valence-corrected chi connectivity index (χ0v) is 20.8. The monoisotopic (exact) mass is 499 g/mol. The van der Waals surface area contributed by atoms with Crippen LogP contribution in [0.15, 0.2) is 48.0 Å². The number of aromatic nitrogens is 3. The molecule has 1 aliphatic rings. The molecule has 10 heteroatoms. The molecule has 5 rings (SSSR count). The Hall–Kier alpha value is -4.23. The van der Waals surface area contributed by atoms with Crippen LogP contribution in [0.5, 0.6) is 0 Å². The van der Waals surface area contributed by atoms with E-state index in [-0.39, 0.29) is 11.6 Å². The Kier molecular flexibility index (Phi) is 6.40. The number of carboxylic acid groups (broad SMARTS) is 1. The summed E-state index contributed by atoms with van der Waals surface area (Å²) in [6, 6.07) is 12.8. The number of para-hydroxylation sites is 1. The zero-order valence-electron chi connectivity index (χ0n) is 20.0. The van der Waals surface area contributed by atoms with Crippen LogP contribution in [-0.2, 0) is 0 Å². The number of carbonyl (C=O) groups is 1. The van der Waals surface area contributed by atoms with E-state index in [9.17, 15) is 15.2 Å². The van der Waals surface area contributed by atoms with Gasteiger partial charge in [0.05, 0.1) is 22.6 Å². The van der Waals surface area contributed by atoms with Crippen LogP contribution < -0.4 is 15.1 Å². The third-order valence-corrected chi connectivity index (χ3v) is 7.13. The predicted octanol–water partition coefficient (Wildman–Crippen LogP) is 4.46. The first-order valence-electron chi connectivity index (χ1n) is 11.6. The number of anilines is 3. The zero-order chi connectivity index (χ0) is 25.2. The molecule has 0 unspecified atom stereocenters. The maximum atomic E-state index is 11.7. The second-order valence-electron chi connectivity index (χ2n) is 8.74. The Morgan fingerprint density at radius 3 is 2.61 bits per heavy atom. The number of piperazine rings is 1. The number of benzene rings is 2. The largest absolute Gasteiger partial charge is 0.478 e. The molecule has 0 aliphatic carbocycles. The van der Waals surface area contributed by atoms with Crippen molar-refractivity contribution in [2.45, 2.75) is 19.9 Å². The molecule has 2 aromatic heterocycles. The van der Waals surface area contributed by atoms with E-state index in [1.165, 1.54) is 0 Å². The van der Waals surface area contributed by atoms with E-state index >= 15 is 0 Å². The highest BCUT2D eigenvalue weighted by atomic mass is 32.1. The number of nitrogens with zero attached hydrogens (tertiary/aromatic N) is 6. The molecule has 0 spiro atoms. The van der Waals surface area contributed by atoms with Gasteiger partial charge in [-0.2, -0.15) is 5.26 Å². The Morgan fingerprint density at radius 1 is 1.17 bits per heavy atom. The Bertz CT molecular complexity index is 1460. The van der Waals surface area contributed by atoms with Crippen molar-refractivity contribution in [3.63, 3.8) is 0 Å². The summed E-state index contributed by atoms with van der Waals surface area (Å²) in [6.07, 6.45) is 1.81. The van der Waals surface area contributed by atoms with Crippen molar-refractivity contribution in [2.75, 3.05) is 41.3 Å². The molecule has 9 nitrogen and oxygen atoms in total. The van der Waals surface area contributed by atoms with E-state index in [0.717, 1.165) is 29.3 Å². The molecule has 0 radical (unpaired) electrons. The van der Waals surface area contributed by atoms with Gasteiger partial charge in [-0.05, 0) is 37.6 Å². The van der Waals surface area contributed by atoms with Gasteiger partial charge in [-0.3, -0.25) is 0 Å². The number of rotatable bonds is 6. The average Bonchev–Trinajstić information content (AvgIpc) is 3.43. The molecule has 36 heavy (non-hydrogen) atoms. The van der Waals surface area contributed by atoms with Crippen LogP contribution in [0, 0.1) is 18.3 Å². The van der Waals surface area contributed by atoms with Gasteiger partial charge < -0.3 is 20.2 Å². The van der Waals surface area contributed by atoms with Crippen LogP contribution in [0.1, 0.15) is 40.1 Å². The number of nitriles is 1. The highest BCUT2D eigenvalue weighted by Gasteiger charge is 2.24. The van der Waals surface area contributed by atoms with E-state index in [0.29, 0.717) is 41.3 Å². The van der Waals surface area contributed by atoms with Crippen molar-refractivity contribution in [3.05, 3.63) is 70.4 Å². The first-order valence-corrected chi connectivity index (χ1v) is 12.5. The number of fused-ring (bicyclic) bond motifs is 1. The summed E-state index contributed by atoms with van der Waals surface area (Å²) in [6.45, 7) is 6.91. The topological polar surface area (TPSA) is 118 Å². The molecule has 0 saturated carbocycles. The summed E-state index contributed by atoms with van der Waals surface area (Å²) < 4.78 is 0. The summed E-state index contributed by atoms with van der Waals surface area (Å²) in [5.41, 5.74) is 4.27. The van der Waals surface area contributed by atoms with Crippen molar-refractivity contribution >= 4 is 45.0 Å². The first kappa shape index (κ1) is 23.5. The van der Waals surface area contributed by atoms with Gasteiger partial charge in [0.15, 0.2) is 16.6 Å². The molecule has 1 fully saturated rings. The lowest BCUT2D eigenvalue weighted by molar-refractivity contribution is 0.0698. The third kappa shape index (κ3) is 4.53. The summed E-state index contributed by atoms with van der Waals surface area (Å²) in [5.74, 6) is -0.413. The lowest BCUT2D eigenvalue weighted by Gasteiger charge is -2.35. The van der Waals surface area contributed by atoms with Gasteiger partial charge in [-0.15, -0.1) is 11.3 Å². The maximum Gasteiger partial charge on any atom is 0.337 e. The number of aromatic carboxylic acids is 1. The van der Waals surface area contributed by atoms with Gasteiger partial charge in [0.2, 0.25) is 0 Å². The smallest absolute Gasteiger partial charge is 0.337 e. The number of hydrogen-bond acceptors (Lipinski definition) is 9. The van der Waals surface area contributed by atoms with Crippen LogP contribution >= 0.6 is 11.3 Å². The Labute approximate surface area is 212 Å². The van der Waals surface area contributed by atoms with Gasteiger partial charge in [0.1, 0.15) is 6.07 Å². The van der Waals surface area contributed by atoms with Crippen LogP contribution in [-0.4, -0.2) is 52.2 Å². The molecule has 3 heterocycles. The van der Waals surface area contributed by atoms with Crippen molar-refractivity contribution in [1.29, 1.82) is 5.26 Å². The van der Waals surface area contributed by atoms with Crippen molar-refractivity contribution in [1.82, 2.24) is 15.0 Å². The molecule has 2 N–H and O–H groups in total. The minimum Gasteiger partial charge on any atom is -0.478 e. The van der Waals surface area contributed by atoms with E-state index in [1.54, 1.807) is 35.6 Å². The summed E-state index contributed by atoms with van der Waals surface area (Å²) in [5, 5.41) is 25.8. The number of thiazole rings is 1. The van der Waals surface area contributed by atoms with Gasteiger partial charge in [0, 0.05) is 49.0 Å². The molecule has 0 bridgehead atoms. The fourth-order valence-electron chi connectivity index (χ4n) is 4.54. The van der Waals surface area contributed by atoms with E-state index in [1.807, 2.05) is 37.6 Å². The minimum atomic E-state index is -0.989. The van der Waals surface area contributed by atoms with Gasteiger partial charge in [-0.25, -0.2) is 19.7 Å². The van der Waals surface area contributed by atoms with Crippen molar-refractivity contribution in [2.24, 2.45) is 0 Å². The van der Waals surface area contributed by atoms with Crippen molar-refractivity contribution < 1.29 is 9.90 Å². The molecular weight excluding hydrogens is 474 g/mol.